The van der Waals surface area contributed by atoms with Crippen LogP contribution in [0.5, 0.6) is 0 Å². The molecule has 0 spiro atoms. The van der Waals surface area contributed by atoms with Crippen LogP contribution in [0, 0.1) is 19.8 Å². The Bertz CT molecular complexity index is 490. The van der Waals surface area contributed by atoms with Crippen LogP contribution in [0.3, 0.4) is 0 Å². The molecule has 2 atom stereocenters. The van der Waals surface area contributed by atoms with Crippen LogP contribution in [-0.2, 0) is 16.0 Å². The van der Waals surface area contributed by atoms with Gasteiger partial charge in [-0.15, -0.1) is 0 Å². The van der Waals surface area contributed by atoms with Crippen molar-refractivity contribution >= 4 is 11.9 Å². The van der Waals surface area contributed by atoms with Gasteiger partial charge in [0.1, 0.15) is 0 Å². The molecule has 1 fully saturated rings. The summed E-state index contributed by atoms with van der Waals surface area (Å²) < 4.78 is 0. The number of aromatic nitrogens is 2. The maximum atomic E-state index is 12.3. The third kappa shape index (κ3) is 2.47. The molecule has 0 saturated carbocycles. The third-order valence-electron chi connectivity index (χ3n) is 4.00. The predicted octanol–water partition coefficient (Wildman–Crippen LogP) is 0.891. The van der Waals surface area contributed by atoms with Gasteiger partial charge < -0.3 is 10.0 Å². The zero-order valence-electron chi connectivity index (χ0n) is 11.4. The average Bonchev–Trinajstić information content (AvgIpc) is 2.86. The van der Waals surface area contributed by atoms with E-state index in [-0.39, 0.29) is 18.4 Å². The number of likely N-dealkylation sites (tertiary alicyclic amines) is 1. The van der Waals surface area contributed by atoms with Gasteiger partial charge in [-0.1, -0.05) is 0 Å². The first kappa shape index (κ1) is 13.6. The van der Waals surface area contributed by atoms with Crippen molar-refractivity contribution in [3.8, 4) is 0 Å². The van der Waals surface area contributed by atoms with Crippen molar-refractivity contribution in [2.45, 2.75) is 39.7 Å². The minimum absolute atomic E-state index is 0.0242. The maximum Gasteiger partial charge on any atom is 0.308 e. The van der Waals surface area contributed by atoms with Crippen LogP contribution in [0.4, 0.5) is 0 Å². The summed E-state index contributed by atoms with van der Waals surface area (Å²) in [6.45, 7) is 6.07. The number of carboxylic acids is 1. The number of hydrogen-bond donors (Lipinski definition) is 2. The number of carbonyl (C=O) groups excluding carboxylic acids is 1. The van der Waals surface area contributed by atoms with E-state index in [1.54, 1.807) is 11.8 Å². The molecule has 0 aliphatic carbocycles. The number of H-pyrrole nitrogens is 1. The Morgan fingerprint density at radius 3 is 2.63 bits per heavy atom. The zero-order valence-corrected chi connectivity index (χ0v) is 11.4. The molecule has 2 unspecified atom stereocenters. The molecule has 1 amide bonds. The van der Waals surface area contributed by atoms with Crippen molar-refractivity contribution in [1.29, 1.82) is 0 Å². The van der Waals surface area contributed by atoms with Crippen LogP contribution in [0.1, 0.15) is 30.3 Å². The Hall–Kier alpha value is -1.85. The summed E-state index contributed by atoms with van der Waals surface area (Å²) >= 11 is 0. The Morgan fingerprint density at radius 1 is 1.47 bits per heavy atom. The molecular formula is C13H19N3O3. The number of carboxylic acid groups (broad SMARTS) is 1. The van der Waals surface area contributed by atoms with Crippen molar-refractivity contribution in [3.05, 3.63) is 17.0 Å². The van der Waals surface area contributed by atoms with Crippen LogP contribution in [0.2, 0.25) is 0 Å². The first-order valence-electron chi connectivity index (χ1n) is 6.44. The van der Waals surface area contributed by atoms with Gasteiger partial charge in [0.2, 0.25) is 5.91 Å². The van der Waals surface area contributed by atoms with E-state index in [2.05, 4.69) is 10.2 Å². The van der Waals surface area contributed by atoms with Gasteiger partial charge in [0.05, 0.1) is 18.0 Å². The highest BCUT2D eigenvalue weighted by Crippen LogP contribution is 2.25. The minimum Gasteiger partial charge on any atom is -0.481 e. The molecular weight excluding hydrogens is 246 g/mol. The Kier molecular flexibility index (Phi) is 3.59. The third-order valence-corrected chi connectivity index (χ3v) is 4.00. The summed E-state index contributed by atoms with van der Waals surface area (Å²) in [6.07, 6.45) is 0.816. The van der Waals surface area contributed by atoms with Crippen molar-refractivity contribution in [2.75, 3.05) is 6.54 Å². The predicted molar refractivity (Wildman–Crippen MR) is 68.7 cm³/mol. The fraction of sp³-hybridized carbons (Fsp3) is 0.615. The van der Waals surface area contributed by atoms with E-state index in [1.165, 1.54) is 0 Å². The number of aryl methyl sites for hydroxylation is 2. The highest BCUT2D eigenvalue weighted by molar-refractivity contribution is 5.81. The lowest BCUT2D eigenvalue weighted by Gasteiger charge is -2.23. The molecule has 2 heterocycles. The molecule has 0 radical (unpaired) electrons. The molecule has 1 saturated heterocycles. The fourth-order valence-electron chi connectivity index (χ4n) is 2.71. The number of aromatic amines is 1. The number of carbonyl (C=O) groups is 2. The van der Waals surface area contributed by atoms with Gasteiger partial charge in [0, 0.05) is 23.8 Å². The molecule has 1 aromatic heterocycles. The smallest absolute Gasteiger partial charge is 0.308 e. The summed E-state index contributed by atoms with van der Waals surface area (Å²) in [4.78, 5) is 25.0. The number of aliphatic carboxylic acids is 1. The summed E-state index contributed by atoms with van der Waals surface area (Å²) in [7, 11) is 0. The van der Waals surface area contributed by atoms with Crippen molar-refractivity contribution in [1.82, 2.24) is 15.1 Å². The number of nitrogens with one attached hydrogen (secondary N) is 1. The summed E-state index contributed by atoms with van der Waals surface area (Å²) in [5.41, 5.74) is 2.64. The molecule has 6 nitrogen and oxygen atoms in total. The number of amides is 1. The molecule has 2 N–H and O–H groups in total. The lowest BCUT2D eigenvalue weighted by Crippen LogP contribution is -2.38. The first-order chi connectivity index (χ1) is 8.91. The Balaban J connectivity index is 2.08. The molecule has 1 aliphatic heterocycles. The molecule has 1 aliphatic rings. The fourth-order valence-corrected chi connectivity index (χ4v) is 2.71. The van der Waals surface area contributed by atoms with Crippen LogP contribution < -0.4 is 0 Å². The largest absolute Gasteiger partial charge is 0.481 e. The lowest BCUT2D eigenvalue weighted by molar-refractivity contribution is -0.143. The van der Waals surface area contributed by atoms with E-state index >= 15 is 0 Å². The van der Waals surface area contributed by atoms with Gasteiger partial charge in [-0.3, -0.25) is 14.7 Å². The van der Waals surface area contributed by atoms with E-state index in [0.717, 1.165) is 17.0 Å². The normalized spacial score (nSPS) is 22.8. The van der Waals surface area contributed by atoms with Crippen LogP contribution in [-0.4, -0.2) is 44.7 Å². The van der Waals surface area contributed by atoms with Gasteiger partial charge >= 0.3 is 5.97 Å². The molecule has 2 rings (SSSR count). The van der Waals surface area contributed by atoms with Crippen LogP contribution in [0.25, 0.3) is 0 Å². The first-order valence-corrected chi connectivity index (χ1v) is 6.44. The van der Waals surface area contributed by atoms with Crippen LogP contribution in [0.15, 0.2) is 0 Å². The van der Waals surface area contributed by atoms with E-state index in [9.17, 15) is 9.59 Å². The van der Waals surface area contributed by atoms with E-state index in [1.807, 2.05) is 13.8 Å². The molecule has 19 heavy (non-hydrogen) atoms. The van der Waals surface area contributed by atoms with Crippen molar-refractivity contribution in [2.24, 2.45) is 5.92 Å². The van der Waals surface area contributed by atoms with E-state index < -0.39 is 11.9 Å². The Morgan fingerprint density at radius 2 is 2.16 bits per heavy atom. The van der Waals surface area contributed by atoms with E-state index in [4.69, 9.17) is 5.11 Å². The van der Waals surface area contributed by atoms with Crippen LogP contribution >= 0.6 is 0 Å². The second kappa shape index (κ2) is 5.03. The van der Waals surface area contributed by atoms with Gasteiger partial charge in [-0.2, -0.15) is 5.10 Å². The standard InChI is InChI=1S/C13H19N3O3/c1-7-11(8(2)15-14-7)6-12(17)16-5-4-10(9(16)3)13(18)19/h9-10H,4-6H2,1-3H3,(H,14,15)(H,18,19). The van der Waals surface area contributed by atoms with Gasteiger partial charge in [-0.05, 0) is 27.2 Å². The topological polar surface area (TPSA) is 86.3 Å². The average molecular weight is 265 g/mol. The molecule has 0 aromatic carbocycles. The van der Waals surface area contributed by atoms with Gasteiger partial charge in [-0.25, -0.2) is 0 Å². The molecule has 0 bridgehead atoms. The minimum atomic E-state index is -0.821. The van der Waals surface area contributed by atoms with Crippen molar-refractivity contribution < 1.29 is 14.7 Å². The van der Waals surface area contributed by atoms with Gasteiger partial charge in [0.25, 0.3) is 0 Å². The number of rotatable bonds is 3. The molecule has 1 aromatic rings. The van der Waals surface area contributed by atoms with E-state index in [0.29, 0.717) is 13.0 Å². The quantitative estimate of drug-likeness (QED) is 0.849. The van der Waals surface area contributed by atoms with Gasteiger partial charge in [0.15, 0.2) is 0 Å². The highest BCUT2D eigenvalue weighted by atomic mass is 16.4. The number of hydrogen-bond acceptors (Lipinski definition) is 3. The monoisotopic (exact) mass is 265 g/mol. The second-order valence-electron chi connectivity index (χ2n) is 5.15. The maximum absolute atomic E-state index is 12.3. The molecule has 104 valence electrons. The Labute approximate surface area is 111 Å². The lowest BCUT2D eigenvalue weighted by atomic mass is 10.0. The second-order valence-corrected chi connectivity index (χ2v) is 5.15. The number of nitrogens with zero attached hydrogens (tertiary/aromatic N) is 2. The van der Waals surface area contributed by atoms with Crippen molar-refractivity contribution in [3.63, 3.8) is 0 Å². The highest BCUT2D eigenvalue weighted by Gasteiger charge is 2.38. The summed E-state index contributed by atoms with van der Waals surface area (Å²) in [5, 5.41) is 16.0. The molecule has 6 heteroatoms. The SMILES string of the molecule is Cc1n[nH]c(C)c1CC(=O)N1CCC(C(=O)O)C1C. The summed E-state index contributed by atoms with van der Waals surface area (Å²) in [6, 6.07) is -0.238. The zero-order chi connectivity index (χ0) is 14.2. The summed E-state index contributed by atoms with van der Waals surface area (Å²) in [5.74, 6) is -1.29.